The van der Waals surface area contributed by atoms with E-state index in [0.29, 0.717) is 17.7 Å². The van der Waals surface area contributed by atoms with Crippen molar-refractivity contribution in [1.29, 1.82) is 0 Å². The Bertz CT molecular complexity index is 1220. The number of rotatable bonds is 4. The number of allylic oxidation sites excluding steroid dienone is 2. The molecule has 7 heteroatoms. The third-order valence-corrected chi connectivity index (χ3v) is 7.21. The van der Waals surface area contributed by atoms with Crippen LogP contribution in [-0.4, -0.2) is 54.1 Å². The van der Waals surface area contributed by atoms with Crippen LogP contribution in [0, 0.1) is 0 Å². The van der Waals surface area contributed by atoms with Crippen LogP contribution >= 0.6 is 0 Å². The molecule has 5 rings (SSSR count). The Labute approximate surface area is 192 Å². The number of hydrogen-bond acceptors (Lipinski definition) is 7. The monoisotopic (exact) mass is 446 g/mol. The van der Waals surface area contributed by atoms with Crippen molar-refractivity contribution in [3.05, 3.63) is 77.0 Å². The van der Waals surface area contributed by atoms with E-state index in [0.717, 1.165) is 17.9 Å². The van der Waals surface area contributed by atoms with Crippen molar-refractivity contribution < 1.29 is 24.2 Å². The number of ether oxygens (including phenoxy) is 2. The van der Waals surface area contributed by atoms with Crippen molar-refractivity contribution >= 4 is 17.4 Å². The van der Waals surface area contributed by atoms with E-state index in [4.69, 9.17) is 9.47 Å². The van der Waals surface area contributed by atoms with E-state index in [2.05, 4.69) is 16.3 Å². The van der Waals surface area contributed by atoms with Gasteiger partial charge in [0.2, 0.25) is 0 Å². The zero-order valence-electron chi connectivity index (χ0n) is 18.8. The molecule has 0 aromatic heterocycles. The number of nitrogens with one attached hydrogen (secondary N) is 1. The number of methoxy groups -OCH3 is 2. The number of anilines is 1. The molecule has 2 N–H and O–H groups in total. The first-order chi connectivity index (χ1) is 15.9. The van der Waals surface area contributed by atoms with Gasteiger partial charge in [-0.15, -0.1) is 0 Å². The van der Waals surface area contributed by atoms with Crippen molar-refractivity contribution in [2.75, 3.05) is 26.1 Å². The maximum absolute atomic E-state index is 13.3. The van der Waals surface area contributed by atoms with Crippen LogP contribution in [0.25, 0.3) is 0 Å². The quantitative estimate of drug-likeness (QED) is 0.548. The number of nitrogens with zero attached hydrogens (tertiary/aromatic N) is 1. The van der Waals surface area contributed by atoms with Gasteiger partial charge in [0.15, 0.2) is 5.78 Å². The lowest BCUT2D eigenvalue weighted by Crippen LogP contribution is -2.63. The Hall–Kier alpha value is -3.74. The normalized spacial score (nSPS) is 25.0. The zero-order chi connectivity index (χ0) is 23.3. The molecule has 3 heterocycles. The summed E-state index contributed by atoms with van der Waals surface area (Å²) in [5, 5.41) is 13.8. The lowest BCUT2D eigenvalue weighted by Gasteiger charge is -2.53. The van der Waals surface area contributed by atoms with Crippen LogP contribution in [0.2, 0.25) is 0 Å². The molecule has 0 radical (unpaired) electrons. The number of phenolic OH excluding ortho intramolecular Hbond substituents is 1. The molecular formula is C26H26N2O5. The van der Waals surface area contributed by atoms with Crippen LogP contribution in [0.15, 0.2) is 65.9 Å². The predicted molar refractivity (Wildman–Crippen MR) is 123 cm³/mol. The van der Waals surface area contributed by atoms with E-state index in [9.17, 15) is 14.7 Å². The molecule has 0 aliphatic carbocycles. The maximum atomic E-state index is 13.3. The molecule has 3 aliphatic heterocycles. The van der Waals surface area contributed by atoms with Gasteiger partial charge in [-0.05, 0) is 43.2 Å². The molecule has 1 fully saturated rings. The molecule has 0 saturated carbocycles. The van der Waals surface area contributed by atoms with E-state index in [1.54, 1.807) is 31.4 Å². The van der Waals surface area contributed by atoms with Crippen molar-refractivity contribution in [3.63, 3.8) is 0 Å². The number of para-hydroxylation sites is 1. The molecule has 3 unspecified atom stereocenters. The van der Waals surface area contributed by atoms with Crippen LogP contribution in [-0.2, 0) is 9.53 Å². The molecule has 2 aromatic carbocycles. The summed E-state index contributed by atoms with van der Waals surface area (Å²) in [5.41, 5.74) is 2.41. The highest BCUT2D eigenvalue weighted by Gasteiger charge is 2.55. The summed E-state index contributed by atoms with van der Waals surface area (Å²) in [6.07, 6.45) is 4.28. The molecule has 3 atom stereocenters. The second-order valence-electron chi connectivity index (χ2n) is 8.79. The van der Waals surface area contributed by atoms with Gasteiger partial charge in [-0.25, -0.2) is 4.79 Å². The average molecular weight is 447 g/mol. The Morgan fingerprint density at radius 2 is 1.97 bits per heavy atom. The molecule has 7 nitrogen and oxygen atoms in total. The molecule has 0 amide bonds. The van der Waals surface area contributed by atoms with Gasteiger partial charge in [0.1, 0.15) is 11.5 Å². The minimum atomic E-state index is -0.731. The standard InChI is InChI=1S/C26H26N2O5/c1-26-20(25(31)33-3)12-15(23(30)19-6-4-5-7-22(19)29)14-28(26)11-10-18-17-9-8-16(32-2)13-21(17)27-24(18)26/h4-9,12-14,18,24,27,29H,10-11H2,1-3H3. The van der Waals surface area contributed by atoms with Crippen molar-refractivity contribution in [2.24, 2.45) is 0 Å². The number of esters is 1. The molecule has 0 bridgehead atoms. The van der Waals surface area contributed by atoms with Gasteiger partial charge >= 0.3 is 5.97 Å². The number of piperidine rings is 1. The molecule has 2 aromatic rings. The van der Waals surface area contributed by atoms with E-state index in [1.165, 1.54) is 18.7 Å². The smallest absolute Gasteiger partial charge is 0.336 e. The minimum absolute atomic E-state index is 0.0923. The fourth-order valence-corrected chi connectivity index (χ4v) is 5.45. The lowest BCUT2D eigenvalue weighted by molar-refractivity contribution is -0.138. The average Bonchev–Trinajstić information content (AvgIpc) is 3.21. The summed E-state index contributed by atoms with van der Waals surface area (Å²) in [6.45, 7) is 2.68. The second kappa shape index (κ2) is 7.69. The highest BCUT2D eigenvalue weighted by molar-refractivity contribution is 6.13. The number of fused-ring (bicyclic) bond motifs is 5. The largest absolute Gasteiger partial charge is 0.507 e. The number of benzene rings is 2. The van der Waals surface area contributed by atoms with Crippen molar-refractivity contribution in [2.45, 2.75) is 30.8 Å². The van der Waals surface area contributed by atoms with Crippen molar-refractivity contribution in [1.82, 2.24) is 4.90 Å². The number of Topliss-reactive ketones (excluding diaryl/α,β-unsaturated/α-hetero) is 1. The fraction of sp³-hybridized carbons (Fsp3) is 0.308. The molecular weight excluding hydrogens is 420 g/mol. The van der Waals surface area contributed by atoms with Gasteiger partial charge in [-0.2, -0.15) is 0 Å². The molecule has 3 aliphatic rings. The van der Waals surface area contributed by atoms with Crippen molar-refractivity contribution in [3.8, 4) is 11.5 Å². The van der Waals surface area contributed by atoms with Gasteiger partial charge in [0.25, 0.3) is 0 Å². The fourth-order valence-electron chi connectivity index (χ4n) is 5.45. The second-order valence-corrected chi connectivity index (χ2v) is 8.79. The summed E-state index contributed by atoms with van der Waals surface area (Å²) in [6, 6.07) is 12.3. The summed E-state index contributed by atoms with van der Waals surface area (Å²) in [7, 11) is 2.99. The SMILES string of the molecule is COC(=O)C1=CC(C(=O)c2ccccc2O)=CN2CCC3c4ccc(OC)cc4NC3C12C. The lowest BCUT2D eigenvalue weighted by atomic mass is 9.70. The Balaban J connectivity index is 1.57. The number of carbonyl (C=O) groups excluding carboxylic acids is 2. The Kier molecular flexibility index (Phi) is 4.92. The third-order valence-electron chi connectivity index (χ3n) is 7.21. The highest BCUT2D eigenvalue weighted by Crippen LogP contribution is 2.51. The molecule has 170 valence electrons. The number of ketones is 1. The Morgan fingerprint density at radius 1 is 1.18 bits per heavy atom. The van der Waals surface area contributed by atoms with Crippen LogP contribution in [0.4, 0.5) is 5.69 Å². The van der Waals surface area contributed by atoms with E-state index in [1.807, 2.05) is 25.3 Å². The third kappa shape index (κ3) is 3.10. The van der Waals surface area contributed by atoms with Crippen LogP contribution in [0.1, 0.15) is 35.2 Å². The van der Waals surface area contributed by atoms with Gasteiger partial charge in [0, 0.05) is 36.0 Å². The van der Waals surface area contributed by atoms with Gasteiger partial charge in [-0.3, -0.25) is 4.79 Å². The molecule has 33 heavy (non-hydrogen) atoms. The predicted octanol–water partition coefficient (Wildman–Crippen LogP) is 3.62. The van der Waals surface area contributed by atoms with E-state index in [-0.39, 0.29) is 29.1 Å². The van der Waals surface area contributed by atoms with Gasteiger partial charge < -0.3 is 24.8 Å². The van der Waals surface area contributed by atoms with Crippen LogP contribution in [0.5, 0.6) is 11.5 Å². The van der Waals surface area contributed by atoms with Crippen LogP contribution in [0.3, 0.4) is 0 Å². The van der Waals surface area contributed by atoms with E-state index < -0.39 is 11.5 Å². The Morgan fingerprint density at radius 3 is 2.70 bits per heavy atom. The number of hydrogen-bond donors (Lipinski definition) is 2. The number of aromatic hydroxyl groups is 1. The summed E-state index contributed by atoms with van der Waals surface area (Å²) >= 11 is 0. The number of carbonyl (C=O) groups is 2. The topological polar surface area (TPSA) is 88.1 Å². The summed E-state index contributed by atoms with van der Waals surface area (Å²) in [5.74, 6) is 0.0549. The van der Waals surface area contributed by atoms with Gasteiger partial charge in [0.05, 0.1) is 36.9 Å². The van der Waals surface area contributed by atoms with Gasteiger partial charge in [-0.1, -0.05) is 18.2 Å². The van der Waals surface area contributed by atoms with E-state index >= 15 is 0 Å². The van der Waals surface area contributed by atoms with Crippen LogP contribution < -0.4 is 10.1 Å². The molecule has 1 saturated heterocycles. The minimum Gasteiger partial charge on any atom is -0.507 e. The first kappa shape index (κ1) is 21.1. The molecule has 0 spiro atoms. The maximum Gasteiger partial charge on any atom is 0.336 e. The number of phenols is 1. The first-order valence-corrected chi connectivity index (χ1v) is 10.9. The highest BCUT2D eigenvalue weighted by atomic mass is 16.5. The first-order valence-electron chi connectivity index (χ1n) is 10.9. The summed E-state index contributed by atoms with van der Waals surface area (Å²) in [4.78, 5) is 28.3. The summed E-state index contributed by atoms with van der Waals surface area (Å²) < 4.78 is 10.5. The zero-order valence-corrected chi connectivity index (χ0v) is 18.8.